The van der Waals surface area contributed by atoms with Crippen LogP contribution in [0, 0.1) is 13.8 Å². The molecule has 2 atom stereocenters. The fraction of sp³-hybridized carbons (Fsp3) is 0.556. The highest BCUT2D eigenvalue weighted by Crippen LogP contribution is 2.26. The van der Waals surface area contributed by atoms with Crippen LogP contribution in [0.3, 0.4) is 0 Å². The van der Waals surface area contributed by atoms with Gasteiger partial charge in [0.1, 0.15) is 11.6 Å². The highest BCUT2D eigenvalue weighted by atomic mass is 35.5. The molecule has 0 amide bonds. The first kappa shape index (κ1) is 17.4. The summed E-state index contributed by atoms with van der Waals surface area (Å²) in [6.07, 6.45) is 2.93. The molecule has 0 bridgehead atoms. The number of β-amino-alcohol motifs (C(OH)–C–C–N with tert-alkyl or cyclic N) is 1. The lowest BCUT2D eigenvalue weighted by molar-refractivity contribution is 0.0588. The van der Waals surface area contributed by atoms with Crippen molar-refractivity contribution >= 4 is 11.6 Å². The zero-order valence-electron chi connectivity index (χ0n) is 14.3. The Morgan fingerprint density at radius 2 is 2.08 bits per heavy atom. The van der Waals surface area contributed by atoms with Crippen LogP contribution in [-0.4, -0.2) is 43.9 Å². The Hall–Kier alpha value is -1.43. The molecule has 0 saturated carbocycles. The van der Waals surface area contributed by atoms with E-state index in [0.29, 0.717) is 17.6 Å². The quantitative estimate of drug-likeness (QED) is 0.901. The molecular formula is C18H25ClN4O. The number of benzene rings is 1. The lowest BCUT2D eigenvalue weighted by Gasteiger charge is -2.37. The van der Waals surface area contributed by atoms with Gasteiger partial charge in [-0.15, -0.1) is 0 Å². The number of likely N-dealkylation sites (tertiary alicyclic amines) is 1. The molecule has 2 aromatic rings. The Morgan fingerprint density at radius 3 is 2.79 bits per heavy atom. The van der Waals surface area contributed by atoms with E-state index in [-0.39, 0.29) is 0 Å². The highest BCUT2D eigenvalue weighted by Gasteiger charge is 2.26. The average Bonchev–Trinajstić information content (AvgIpc) is 2.87. The van der Waals surface area contributed by atoms with Crippen LogP contribution in [0.5, 0.6) is 0 Å². The third kappa shape index (κ3) is 3.97. The van der Waals surface area contributed by atoms with Crippen molar-refractivity contribution in [2.45, 2.75) is 51.8 Å². The van der Waals surface area contributed by atoms with E-state index in [0.717, 1.165) is 36.7 Å². The van der Waals surface area contributed by atoms with Gasteiger partial charge in [0.05, 0.1) is 12.6 Å². The smallest absolute Gasteiger partial charge is 0.147 e. The standard InChI is InChI=1S/C18H25ClN4O/c1-13-20-14(2)23(21-13)11-15-7-5-6-10-22(15)12-18(24)16-8-3-4-9-17(16)19/h3-4,8-9,15,18,24H,5-7,10-12H2,1-2H3/t15-,18-/m0/s1. The zero-order valence-corrected chi connectivity index (χ0v) is 15.1. The SMILES string of the molecule is Cc1nc(C)n(C[C@@H]2CCCCN2C[C@H](O)c2ccccc2Cl)n1. The predicted molar refractivity (Wildman–Crippen MR) is 95.1 cm³/mol. The third-order valence-electron chi connectivity index (χ3n) is 4.77. The summed E-state index contributed by atoms with van der Waals surface area (Å²) < 4.78 is 1.99. The van der Waals surface area contributed by atoms with Gasteiger partial charge in [-0.25, -0.2) is 9.67 Å². The third-order valence-corrected chi connectivity index (χ3v) is 5.11. The summed E-state index contributed by atoms with van der Waals surface area (Å²) in [4.78, 5) is 6.76. The molecule has 0 spiro atoms. The molecule has 6 heteroatoms. The molecule has 3 rings (SSSR count). The molecule has 1 N–H and O–H groups in total. The first-order valence-electron chi connectivity index (χ1n) is 8.59. The summed E-state index contributed by atoms with van der Waals surface area (Å²) in [5.41, 5.74) is 0.802. The first-order valence-corrected chi connectivity index (χ1v) is 8.97. The van der Waals surface area contributed by atoms with Crippen LogP contribution in [-0.2, 0) is 6.54 Å². The van der Waals surface area contributed by atoms with Crippen molar-refractivity contribution in [3.8, 4) is 0 Å². The maximum absolute atomic E-state index is 10.6. The minimum Gasteiger partial charge on any atom is -0.387 e. The Labute approximate surface area is 148 Å². The van der Waals surface area contributed by atoms with Crippen LogP contribution in [0.4, 0.5) is 0 Å². The fourth-order valence-electron chi connectivity index (χ4n) is 3.51. The summed E-state index contributed by atoms with van der Waals surface area (Å²) in [5, 5.41) is 15.7. The summed E-state index contributed by atoms with van der Waals surface area (Å²) in [6, 6.07) is 7.90. The van der Waals surface area contributed by atoms with Crippen LogP contribution in [0.2, 0.25) is 5.02 Å². The molecule has 5 nitrogen and oxygen atoms in total. The molecule has 130 valence electrons. The van der Waals surface area contributed by atoms with Crippen molar-refractivity contribution in [1.29, 1.82) is 0 Å². The number of aliphatic hydroxyl groups is 1. The van der Waals surface area contributed by atoms with E-state index in [2.05, 4.69) is 15.0 Å². The van der Waals surface area contributed by atoms with Crippen molar-refractivity contribution < 1.29 is 5.11 Å². The van der Waals surface area contributed by atoms with Crippen molar-refractivity contribution in [1.82, 2.24) is 19.7 Å². The number of nitrogens with zero attached hydrogens (tertiary/aromatic N) is 4. The highest BCUT2D eigenvalue weighted by molar-refractivity contribution is 6.31. The largest absolute Gasteiger partial charge is 0.387 e. The monoisotopic (exact) mass is 348 g/mol. The predicted octanol–water partition coefficient (Wildman–Crippen LogP) is 3.14. The van der Waals surface area contributed by atoms with Gasteiger partial charge < -0.3 is 5.11 Å². The van der Waals surface area contributed by atoms with E-state index in [1.807, 2.05) is 42.8 Å². The Bertz CT molecular complexity index is 687. The number of hydrogen-bond donors (Lipinski definition) is 1. The van der Waals surface area contributed by atoms with Gasteiger partial charge in [-0.05, 0) is 39.3 Å². The minimum absolute atomic E-state index is 0.371. The number of halogens is 1. The zero-order chi connectivity index (χ0) is 17.1. The second-order valence-corrected chi connectivity index (χ2v) is 6.98. The van der Waals surface area contributed by atoms with Crippen LogP contribution in [0.1, 0.15) is 42.6 Å². The number of hydrogen-bond acceptors (Lipinski definition) is 4. The van der Waals surface area contributed by atoms with Crippen LogP contribution in [0.25, 0.3) is 0 Å². The van der Waals surface area contributed by atoms with Gasteiger partial charge in [0, 0.05) is 23.2 Å². The second kappa shape index (κ2) is 7.64. The van der Waals surface area contributed by atoms with Crippen molar-refractivity contribution in [2.75, 3.05) is 13.1 Å². The van der Waals surface area contributed by atoms with Gasteiger partial charge in [-0.1, -0.05) is 36.2 Å². The van der Waals surface area contributed by atoms with E-state index in [4.69, 9.17) is 11.6 Å². The molecule has 1 saturated heterocycles. The molecule has 0 unspecified atom stereocenters. The van der Waals surface area contributed by atoms with Crippen molar-refractivity contribution in [3.05, 3.63) is 46.5 Å². The molecule has 0 radical (unpaired) electrons. The maximum Gasteiger partial charge on any atom is 0.147 e. The van der Waals surface area contributed by atoms with Crippen LogP contribution >= 0.6 is 11.6 Å². The second-order valence-electron chi connectivity index (χ2n) is 6.57. The van der Waals surface area contributed by atoms with E-state index in [9.17, 15) is 5.11 Å². The lowest BCUT2D eigenvalue weighted by atomic mass is 10.00. The van der Waals surface area contributed by atoms with E-state index < -0.39 is 6.10 Å². The van der Waals surface area contributed by atoms with Gasteiger partial charge in [0.15, 0.2) is 0 Å². The molecule has 1 aromatic carbocycles. The Kier molecular flexibility index (Phi) is 5.54. The van der Waals surface area contributed by atoms with Gasteiger partial charge in [-0.2, -0.15) is 5.10 Å². The molecule has 1 fully saturated rings. The molecule has 2 heterocycles. The van der Waals surface area contributed by atoms with Gasteiger partial charge >= 0.3 is 0 Å². The summed E-state index contributed by atoms with van der Waals surface area (Å²) >= 11 is 6.23. The summed E-state index contributed by atoms with van der Waals surface area (Å²) in [5.74, 6) is 1.76. The maximum atomic E-state index is 10.6. The molecule has 1 aromatic heterocycles. The van der Waals surface area contributed by atoms with Crippen molar-refractivity contribution in [2.24, 2.45) is 0 Å². The number of piperidine rings is 1. The molecule has 1 aliphatic rings. The number of aryl methyl sites for hydroxylation is 2. The van der Waals surface area contributed by atoms with Crippen LogP contribution in [0.15, 0.2) is 24.3 Å². The Morgan fingerprint density at radius 1 is 1.29 bits per heavy atom. The van der Waals surface area contributed by atoms with E-state index in [1.165, 1.54) is 12.8 Å². The summed E-state index contributed by atoms with van der Waals surface area (Å²) in [7, 11) is 0. The lowest BCUT2D eigenvalue weighted by Crippen LogP contribution is -2.44. The van der Waals surface area contributed by atoms with Gasteiger partial charge in [0.25, 0.3) is 0 Å². The topological polar surface area (TPSA) is 54.2 Å². The summed E-state index contributed by atoms with van der Waals surface area (Å²) in [6.45, 7) is 6.33. The minimum atomic E-state index is -0.571. The molecule has 24 heavy (non-hydrogen) atoms. The van der Waals surface area contributed by atoms with E-state index in [1.54, 1.807) is 0 Å². The first-order chi connectivity index (χ1) is 11.5. The molecule has 1 aliphatic heterocycles. The van der Waals surface area contributed by atoms with Crippen molar-refractivity contribution in [3.63, 3.8) is 0 Å². The number of aromatic nitrogens is 3. The molecule has 0 aliphatic carbocycles. The number of aliphatic hydroxyl groups excluding tert-OH is 1. The van der Waals surface area contributed by atoms with Crippen LogP contribution < -0.4 is 0 Å². The normalized spacial score (nSPS) is 20.2. The number of rotatable bonds is 5. The molecular weight excluding hydrogens is 324 g/mol. The van der Waals surface area contributed by atoms with Gasteiger partial charge in [-0.3, -0.25) is 4.90 Å². The van der Waals surface area contributed by atoms with E-state index >= 15 is 0 Å². The van der Waals surface area contributed by atoms with Gasteiger partial charge in [0.2, 0.25) is 0 Å². The Balaban J connectivity index is 1.70. The average molecular weight is 349 g/mol. The fourth-order valence-corrected chi connectivity index (χ4v) is 3.77.